The number of aliphatic hydroxyl groups is 1. The van der Waals surface area contributed by atoms with Crippen LogP contribution in [0.2, 0.25) is 0 Å². The first-order valence-electron chi connectivity index (χ1n) is 12.1. The fourth-order valence-corrected chi connectivity index (χ4v) is 4.09. The third kappa shape index (κ3) is 5.97. The van der Waals surface area contributed by atoms with Crippen LogP contribution in [0.3, 0.4) is 0 Å². The van der Waals surface area contributed by atoms with Gasteiger partial charge in [-0.15, -0.1) is 0 Å². The molecule has 0 bridgehead atoms. The molecule has 0 amide bonds. The lowest BCUT2D eigenvalue weighted by molar-refractivity contribution is 0.0177. The molecule has 1 aromatic heterocycles. The fraction of sp³-hybridized carbons (Fsp3) is 0.444. The summed E-state index contributed by atoms with van der Waals surface area (Å²) in [6, 6.07) is 18.1. The van der Waals surface area contributed by atoms with Crippen LogP contribution in [-0.2, 0) is 17.7 Å². The molecule has 1 aliphatic rings. The van der Waals surface area contributed by atoms with E-state index in [2.05, 4.69) is 11.8 Å². The minimum Gasteiger partial charge on any atom is -0.497 e. The van der Waals surface area contributed by atoms with Crippen LogP contribution >= 0.6 is 0 Å². The molecule has 2 aromatic carbocycles. The van der Waals surface area contributed by atoms with Gasteiger partial charge in [0, 0.05) is 25.7 Å². The second-order valence-corrected chi connectivity index (χ2v) is 8.58. The van der Waals surface area contributed by atoms with Crippen LogP contribution in [-0.4, -0.2) is 58.8 Å². The Morgan fingerprint density at radius 3 is 2.38 bits per heavy atom. The van der Waals surface area contributed by atoms with Crippen LogP contribution in [0.25, 0.3) is 5.69 Å². The number of rotatable bonds is 13. The van der Waals surface area contributed by atoms with Gasteiger partial charge in [0.05, 0.1) is 36.8 Å². The molecule has 34 heavy (non-hydrogen) atoms. The molecule has 0 unspecified atom stereocenters. The molecular formula is C27H35N3O4. The first kappa shape index (κ1) is 24.3. The maximum absolute atomic E-state index is 10.5. The third-order valence-corrected chi connectivity index (χ3v) is 6.01. The van der Waals surface area contributed by atoms with Crippen LogP contribution in [0.5, 0.6) is 17.4 Å². The van der Waals surface area contributed by atoms with Crippen LogP contribution in [0.4, 0.5) is 0 Å². The lowest BCUT2D eigenvalue weighted by atomic mass is 10.1. The van der Waals surface area contributed by atoms with Crippen molar-refractivity contribution in [3.63, 3.8) is 0 Å². The Balaban J connectivity index is 1.68. The molecule has 3 aromatic rings. The first-order valence-corrected chi connectivity index (χ1v) is 12.1. The molecule has 1 heterocycles. The van der Waals surface area contributed by atoms with Gasteiger partial charge in [0.25, 0.3) is 0 Å². The molecule has 0 radical (unpaired) electrons. The Morgan fingerprint density at radius 2 is 1.76 bits per heavy atom. The summed E-state index contributed by atoms with van der Waals surface area (Å²) in [5, 5.41) is 15.5. The summed E-state index contributed by atoms with van der Waals surface area (Å²) in [5.74, 6) is 2.20. The van der Waals surface area contributed by atoms with Gasteiger partial charge >= 0.3 is 0 Å². The van der Waals surface area contributed by atoms with Gasteiger partial charge in [-0.05, 0) is 62.6 Å². The van der Waals surface area contributed by atoms with Crippen molar-refractivity contribution >= 4 is 0 Å². The van der Waals surface area contributed by atoms with E-state index in [9.17, 15) is 5.11 Å². The van der Waals surface area contributed by atoms with E-state index in [1.54, 1.807) is 7.11 Å². The number of aromatic nitrogens is 2. The predicted molar refractivity (Wildman–Crippen MR) is 132 cm³/mol. The quantitative estimate of drug-likeness (QED) is 0.398. The van der Waals surface area contributed by atoms with Gasteiger partial charge in [-0.1, -0.05) is 25.1 Å². The minimum absolute atomic E-state index is 0.346. The van der Waals surface area contributed by atoms with Gasteiger partial charge in [0.1, 0.15) is 11.5 Å². The predicted octanol–water partition coefficient (Wildman–Crippen LogP) is 4.60. The minimum atomic E-state index is -0.527. The van der Waals surface area contributed by atoms with E-state index in [0.29, 0.717) is 38.2 Å². The zero-order valence-electron chi connectivity index (χ0n) is 20.3. The topological polar surface area (TPSA) is 69.0 Å². The van der Waals surface area contributed by atoms with E-state index in [1.165, 1.54) is 0 Å². The first-order chi connectivity index (χ1) is 16.6. The highest BCUT2D eigenvalue weighted by Gasteiger charge is 2.33. The van der Waals surface area contributed by atoms with E-state index >= 15 is 0 Å². The van der Waals surface area contributed by atoms with Crippen molar-refractivity contribution in [1.29, 1.82) is 0 Å². The van der Waals surface area contributed by atoms with E-state index in [-0.39, 0.29) is 0 Å². The van der Waals surface area contributed by atoms with Crippen molar-refractivity contribution in [3.05, 3.63) is 65.9 Å². The molecule has 0 saturated heterocycles. The van der Waals surface area contributed by atoms with E-state index in [4.69, 9.17) is 19.3 Å². The molecular weight excluding hydrogens is 430 g/mol. The van der Waals surface area contributed by atoms with Crippen LogP contribution in [0.15, 0.2) is 54.6 Å². The second kappa shape index (κ2) is 11.5. The highest BCUT2D eigenvalue weighted by Crippen LogP contribution is 2.35. The number of hydrogen-bond donors (Lipinski definition) is 1. The Bertz CT molecular complexity index is 1030. The average Bonchev–Trinajstić information content (AvgIpc) is 3.67. The third-order valence-electron chi connectivity index (χ3n) is 6.01. The summed E-state index contributed by atoms with van der Waals surface area (Å²) < 4.78 is 19.1. The number of nitrogens with zero attached hydrogens (tertiary/aromatic N) is 3. The second-order valence-electron chi connectivity index (χ2n) is 8.58. The monoisotopic (exact) mass is 465 g/mol. The summed E-state index contributed by atoms with van der Waals surface area (Å²) >= 11 is 0. The normalized spacial score (nSPS) is 14.4. The Labute approximate surface area is 201 Å². The molecule has 1 saturated carbocycles. The highest BCUT2D eigenvalue weighted by molar-refractivity contribution is 5.44. The summed E-state index contributed by atoms with van der Waals surface area (Å²) in [6.07, 6.45) is 2.55. The largest absolute Gasteiger partial charge is 0.497 e. The number of methoxy groups -OCH3 is 1. The van der Waals surface area contributed by atoms with Gasteiger partial charge in [0.2, 0.25) is 5.88 Å². The maximum Gasteiger partial charge on any atom is 0.227 e. The van der Waals surface area contributed by atoms with Crippen molar-refractivity contribution < 1.29 is 19.3 Å². The molecule has 1 atom stereocenters. The number of aryl methyl sites for hydroxylation is 1. The number of benzene rings is 2. The van der Waals surface area contributed by atoms with Crippen molar-refractivity contribution in [2.24, 2.45) is 0 Å². The molecule has 4 rings (SSSR count). The highest BCUT2D eigenvalue weighted by atomic mass is 16.5. The summed E-state index contributed by atoms with van der Waals surface area (Å²) in [5.41, 5.74) is 3.00. The zero-order chi connectivity index (χ0) is 23.9. The molecule has 182 valence electrons. The summed E-state index contributed by atoms with van der Waals surface area (Å²) in [4.78, 5) is 2.34. The number of para-hydroxylation sites is 1. The Morgan fingerprint density at radius 1 is 1.06 bits per heavy atom. The van der Waals surface area contributed by atoms with Crippen molar-refractivity contribution in [3.8, 4) is 23.1 Å². The molecule has 1 N–H and O–H groups in total. The lowest BCUT2D eigenvalue weighted by Crippen LogP contribution is -2.36. The Kier molecular flexibility index (Phi) is 8.21. The van der Waals surface area contributed by atoms with Crippen molar-refractivity contribution in [2.75, 3.05) is 26.9 Å². The van der Waals surface area contributed by atoms with Crippen molar-refractivity contribution in [2.45, 2.75) is 51.8 Å². The van der Waals surface area contributed by atoms with Crippen LogP contribution in [0.1, 0.15) is 37.9 Å². The number of hydrogen-bond acceptors (Lipinski definition) is 6. The average molecular weight is 466 g/mol. The van der Waals surface area contributed by atoms with E-state index < -0.39 is 6.10 Å². The van der Waals surface area contributed by atoms with Crippen LogP contribution < -0.4 is 9.47 Å². The van der Waals surface area contributed by atoms with Gasteiger partial charge in [-0.25, -0.2) is 4.68 Å². The Hall–Kier alpha value is -2.87. The van der Waals surface area contributed by atoms with Crippen LogP contribution in [0, 0.1) is 0 Å². The van der Waals surface area contributed by atoms with E-state index in [0.717, 1.165) is 47.7 Å². The van der Waals surface area contributed by atoms with Crippen molar-refractivity contribution in [1.82, 2.24) is 14.7 Å². The van der Waals surface area contributed by atoms with Gasteiger partial charge < -0.3 is 19.3 Å². The fourth-order valence-electron chi connectivity index (χ4n) is 4.09. The molecule has 0 spiro atoms. The zero-order valence-corrected chi connectivity index (χ0v) is 20.3. The standard InChI is InChI=1S/C27H35N3O4/c1-4-26-25(18-29(20-11-12-20)17-22(31)19-33-5-2)27(30(28-26)21-9-7-6-8-10-21)34-24-15-13-23(32-3)14-16-24/h6-10,13-16,20,22,31H,4-5,11-12,17-19H2,1-3H3/t22-/m1/s1. The smallest absolute Gasteiger partial charge is 0.227 e. The number of aliphatic hydroxyl groups excluding tert-OH is 1. The van der Waals surface area contributed by atoms with Gasteiger partial charge in [0.15, 0.2) is 0 Å². The molecule has 1 fully saturated rings. The summed E-state index contributed by atoms with van der Waals surface area (Å²) in [6.45, 7) is 6.23. The number of ether oxygens (including phenoxy) is 3. The maximum atomic E-state index is 10.5. The molecule has 7 nitrogen and oxygen atoms in total. The van der Waals surface area contributed by atoms with E-state index in [1.807, 2.05) is 66.2 Å². The molecule has 1 aliphatic carbocycles. The molecule has 7 heteroatoms. The summed E-state index contributed by atoms with van der Waals surface area (Å²) in [7, 11) is 1.65. The SMILES string of the molecule is CCOC[C@H](O)CN(Cc1c(CC)nn(-c2ccccc2)c1Oc1ccc(OC)cc1)C1CC1. The lowest BCUT2D eigenvalue weighted by Gasteiger charge is -2.25. The van der Waals surface area contributed by atoms with Gasteiger partial charge in [-0.2, -0.15) is 5.10 Å². The molecule has 0 aliphatic heterocycles. The van der Waals surface area contributed by atoms with Gasteiger partial charge in [-0.3, -0.25) is 4.90 Å².